The molecule has 3 aromatic rings. The summed E-state index contributed by atoms with van der Waals surface area (Å²) >= 11 is 0. The van der Waals surface area contributed by atoms with Crippen molar-refractivity contribution in [1.29, 1.82) is 0 Å². The van der Waals surface area contributed by atoms with Crippen molar-refractivity contribution in [2.75, 3.05) is 19.7 Å². The van der Waals surface area contributed by atoms with Crippen molar-refractivity contribution in [1.82, 2.24) is 20.1 Å². The van der Waals surface area contributed by atoms with Gasteiger partial charge >= 0.3 is 5.97 Å². The third kappa shape index (κ3) is 13.1. The highest BCUT2D eigenvalue weighted by atomic mass is 19.1. The first kappa shape index (κ1) is 44.4. The van der Waals surface area contributed by atoms with E-state index in [9.17, 15) is 38.6 Å². The number of nitrogens with one attached hydrogen (secondary N) is 2. The fraction of sp³-hybridized carbons (Fsp3) is 0.475. The smallest absolute Gasteiger partial charge is 0.326 e. The van der Waals surface area contributed by atoms with Gasteiger partial charge in [-0.25, -0.2) is 13.6 Å². The standard InChI is InChI=1S/C40H54F2N6O7/c1-25(50)45-32(12-8-9-18-43)35(51)16-15-33(39(54)55)46-38(53)31(44)17-19-48(36(52)24-49)37(40(2,3)4)34-20-27(29-21-28(41)13-14-30(29)42)23-47(34)22-26-10-6-5-7-11-26/h5-7,10-11,13-14,20-21,23,31-33,37,49H,8-9,12,15-19,22,24,43-44H2,1-4H3,(H,45,50)(H,46,53)(H,54,55)/t31-,32-,33+,37-/m0/s1. The Morgan fingerprint density at radius 3 is 2.22 bits per heavy atom. The summed E-state index contributed by atoms with van der Waals surface area (Å²) in [6.07, 6.45) is 2.59. The highest BCUT2D eigenvalue weighted by Crippen LogP contribution is 2.41. The van der Waals surface area contributed by atoms with E-state index >= 15 is 4.39 Å². The molecule has 1 aromatic heterocycles. The largest absolute Gasteiger partial charge is 0.480 e. The van der Waals surface area contributed by atoms with E-state index in [1.54, 1.807) is 12.3 Å². The van der Waals surface area contributed by atoms with Gasteiger partial charge in [-0.15, -0.1) is 0 Å². The fourth-order valence-corrected chi connectivity index (χ4v) is 6.56. The van der Waals surface area contributed by atoms with Gasteiger partial charge in [0.05, 0.1) is 18.1 Å². The number of aliphatic carboxylic acids is 1. The number of ketones is 1. The van der Waals surface area contributed by atoms with E-state index in [-0.39, 0.29) is 37.2 Å². The van der Waals surface area contributed by atoms with Gasteiger partial charge in [-0.2, -0.15) is 0 Å². The molecule has 0 fully saturated rings. The molecule has 0 unspecified atom stereocenters. The summed E-state index contributed by atoms with van der Waals surface area (Å²) in [7, 11) is 0. The lowest BCUT2D eigenvalue weighted by molar-refractivity contribution is -0.142. The van der Waals surface area contributed by atoms with E-state index in [1.807, 2.05) is 55.7 Å². The van der Waals surface area contributed by atoms with Crippen LogP contribution >= 0.6 is 0 Å². The number of carbonyl (C=O) groups is 5. The molecule has 300 valence electrons. The molecule has 0 aliphatic carbocycles. The molecule has 0 radical (unpaired) electrons. The third-order valence-electron chi connectivity index (χ3n) is 9.26. The number of aliphatic hydroxyl groups excluding tert-OH is 1. The van der Waals surface area contributed by atoms with Crippen molar-refractivity contribution in [3.8, 4) is 11.1 Å². The molecular formula is C40H54F2N6O7. The van der Waals surface area contributed by atoms with Crippen LogP contribution in [0.25, 0.3) is 11.1 Å². The number of rotatable bonds is 21. The predicted octanol–water partition coefficient (Wildman–Crippen LogP) is 3.66. The van der Waals surface area contributed by atoms with E-state index < -0.39 is 71.5 Å². The number of hydrogen-bond acceptors (Lipinski definition) is 8. The highest BCUT2D eigenvalue weighted by molar-refractivity contribution is 5.90. The van der Waals surface area contributed by atoms with Crippen LogP contribution in [0.1, 0.15) is 83.5 Å². The topological polar surface area (TPSA) is 210 Å². The van der Waals surface area contributed by atoms with Gasteiger partial charge in [0.1, 0.15) is 24.3 Å². The Morgan fingerprint density at radius 2 is 1.62 bits per heavy atom. The van der Waals surface area contributed by atoms with Crippen LogP contribution in [0.5, 0.6) is 0 Å². The van der Waals surface area contributed by atoms with Gasteiger partial charge < -0.3 is 41.8 Å². The zero-order valence-electron chi connectivity index (χ0n) is 31.9. The van der Waals surface area contributed by atoms with Crippen LogP contribution in [0.4, 0.5) is 8.78 Å². The van der Waals surface area contributed by atoms with Crippen LogP contribution in [0.2, 0.25) is 0 Å². The second-order valence-corrected chi connectivity index (χ2v) is 14.7. The van der Waals surface area contributed by atoms with E-state index in [2.05, 4.69) is 10.6 Å². The molecule has 0 aliphatic heterocycles. The molecule has 4 atom stereocenters. The van der Waals surface area contributed by atoms with Gasteiger partial charge in [0, 0.05) is 49.5 Å². The summed E-state index contributed by atoms with van der Waals surface area (Å²) in [5, 5.41) is 24.9. The number of carbonyl (C=O) groups excluding carboxylic acids is 4. The molecule has 15 heteroatoms. The number of Topliss-reactive ketones (excluding diaryl/α,β-unsaturated/α-hetero) is 1. The number of carboxylic acid groups (broad SMARTS) is 1. The first-order valence-corrected chi connectivity index (χ1v) is 18.3. The zero-order valence-corrected chi connectivity index (χ0v) is 31.9. The number of aliphatic hydroxyl groups is 1. The number of amides is 3. The Balaban J connectivity index is 1.87. The van der Waals surface area contributed by atoms with Gasteiger partial charge in [0.15, 0.2) is 5.78 Å². The minimum Gasteiger partial charge on any atom is -0.480 e. The maximum absolute atomic E-state index is 15.1. The Hall–Kier alpha value is -4.99. The number of nitrogens with two attached hydrogens (primary N) is 2. The number of benzene rings is 2. The number of aromatic nitrogens is 1. The molecule has 0 saturated carbocycles. The van der Waals surface area contributed by atoms with Crippen LogP contribution in [0, 0.1) is 17.0 Å². The average Bonchev–Trinajstić information content (AvgIpc) is 3.53. The lowest BCUT2D eigenvalue weighted by Gasteiger charge is -2.41. The minimum atomic E-state index is -1.47. The first-order chi connectivity index (χ1) is 26.0. The summed E-state index contributed by atoms with van der Waals surface area (Å²) in [5.74, 6) is -4.97. The van der Waals surface area contributed by atoms with Crippen molar-refractivity contribution < 1.29 is 43.0 Å². The molecule has 3 amide bonds. The minimum absolute atomic E-state index is 0.0198. The summed E-state index contributed by atoms with van der Waals surface area (Å²) in [6, 6.07) is 9.84. The lowest BCUT2D eigenvalue weighted by Crippen LogP contribution is -2.51. The maximum atomic E-state index is 15.1. The predicted molar refractivity (Wildman–Crippen MR) is 203 cm³/mol. The molecule has 8 N–H and O–H groups in total. The Kier molecular flexibility index (Phi) is 16.7. The van der Waals surface area contributed by atoms with Crippen molar-refractivity contribution in [3.63, 3.8) is 0 Å². The highest BCUT2D eigenvalue weighted by Gasteiger charge is 2.38. The molecule has 2 aromatic carbocycles. The molecule has 1 heterocycles. The lowest BCUT2D eigenvalue weighted by atomic mass is 9.82. The second kappa shape index (κ2) is 20.6. The van der Waals surface area contributed by atoms with Crippen molar-refractivity contribution in [2.45, 2.75) is 96.9 Å². The van der Waals surface area contributed by atoms with E-state index in [1.165, 1.54) is 11.8 Å². The fourth-order valence-electron chi connectivity index (χ4n) is 6.56. The second-order valence-electron chi connectivity index (χ2n) is 14.7. The number of unbranched alkanes of at least 4 members (excludes halogenated alkanes) is 1. The third-order valence-corrected chi connectivity index (χ3v) is 9.26. The molecule has 0 saturated heterocycles. The Bertz CT molecular complexity index is 1780. The summed E-state index contributed by atoms with van der Waals surface area (Å²) < 4.78 is 31.2. The zero-order chi connectivity index (χ0) is 40.9. The molecule has 0 aliphatic rings. The van der Waals surface area contributed by atoms with Gasteiger partial charge in [-0.1, -0.05) is 51.1 Å². The monoisotopic (exact) mass is 768 g/mol. The molecule has 13 nitrogen and oxygen atoms in total. The van der Waals surface area contributed by atoms with Crippen LogP contribution < -0.4 is 22.1 Å². The summed E-state index contributed by atoms with van der Waals surface area (Å²) in [4.78, 5) is 64.8. The number of carboxylic acids is 1. The van der Waals surface area contributed by atoms with E-state index in [4.69, 9.17) is 11.5 Å². The van der Waals surface area contributed by atoms with Gasteiger partial charge in [-0.3, -0.25) is 19.2 Å². The summed E-state index contributed by atoms with van der Waals surface area (Å²) in [5.41, 5.74) is 12.9. The van der Waals surface area contributed by atoms with Crippen molar-refractivity contribution >= 4 is 29.5 Å². The number of halogens is 2. The van der Waals surface area contributed by atoms with Crippen molar-refractivity contribution in [2.24, 2.45) is 16.9 Å². The van der Waals surface area contributed by atoms with E-state index in [0.717, 1.165) is 23.8 Å². The quantitative estimate of drug-likeness (QED) is 0.0873. The van der Waals surface area contributed by atoms with Crippen LogP contribution in [-0.2, 0) is 30.5 Å². The van der Waals surface area contributed by atoms with Crippen molar-refractivity contribution in [3.05, 3.63) is 83.7 Å². The van der Waals surface area contributed by atoms with Crippen LogP contribution in [0.15, 0.2) is 60.8 Å². The molecule has 55 heavy (non-hydrogen) atoms. The van der Waals surface area contributed by atoms with Gasteiger partial charge in [0.25, 0.3) is 0 Å². The first-order valence-electron chi connectivity index (χ1n) is 18.3. The molecule has 3 rings (SSSR count). The summed E-state index contributed by atoms with van der Waals surface area (Å²) in [6.45, 7) is 6.59. The molecule has 0 spiro atoms. The maximum Gasteiger partial charge on any atom is 0.326 e. The Labute approximate surface area is 320 Å². The van der Waals surface area contributed by atoms with Gasteiger partial charge in [0.2, 0.25) is 17.7 Å². The molecular weight excluding hydrogens is 714 g/mol. The van der Waals surface area contributed by atoms with Crippen LogP contribution in [-0.4, -0.2) is 87.0 Å². The van der Waals surface area contributed by atoms with Crippen LogP contribution in [0.3, 0.4) is 0 Å². The van der Waals surface area contributed by atoms with E-state index in [0.29, 0.717) is 43.6 Å². The average molecular weight is 769 g/mol. The SMILES string of the molecule is CC(=O)N[C@@H](CCCCN)C(=O)CC[C@@H](NC(=O)[C@@H](N)CCN(C(=O)CO)[C@@H](c1cc(-c2cc(F)ccc2F)cn1Cc1ccccc1)C(C)(C)C)C(=O)O. The molecule has 0 bridgehead atoms. The van der Waals surface area contributed by atoms with Gasteiger partial charge in [-0.05, 0) is 73.9 Å². The Morgan fingerprint density at radius 1 is 0.927 bits per heavy atom. The number of nitrogens with zero attached hydrogens (tertiary/aromatic N) is 2. The number of hydrogen-bond donors (Lipinski definition) is 6. The normalized spacial score (nSPS) is 13.7.